The number of nitrogens with one attached hydrogen (secondary N) is 1. The molecular weight excluding hydrogens is 469 g/mol. The first-order chi connectivity index (χ1) is 14.1. The van der Waals surface area contributed by atoms with Gasteiger partial charge in [-0.1, -0.05) is 81.6 Å². The topological polar surface area (TPSA) is 21.3 Å². The van der Waals surface area contributed by atoms with E-state index in [0.29, 0.717) is 23.2 Å². The third kappa shape index (κ3) is 4.87. The zero-order valence-electron chi connectivity index (χ0n) is 15.5. The fraction of sp³-hybridized carbons (Fsp3) is 0.0833. The Morgan fingerprint density at radius 2 is 1.62 bits per heavy atom. The second kappa shape index (κ2) is 9.08. The molecule has 0 bridgehead atoms. The van der Waals surface area contributed by atoms with Crippen LogP contribution in [0.3, 0.4) is 0 Å². The minimum absolute atomic E-state index is 0.505. The molecule has 1 N–H and O–H groups in total. The second-order valence-electron chi connectivity index (χ2n) is 6.66. The number of hydrogen-bond acceptors (Lipinski definition) is 2. The third-order valence-corrected chi connectivity index (χ3v) is 5.96. The van der Waals surface area contributed by atoms with Crippen molar-refractivity contribution in [2.45, 2.75) is 13.2 Å². The Bertz CT molecular complexity index is 1150. The Balaban J connectivity index is 1.61. The van der Waals surface area contributed by atoms with Gasteiger partial charge in [0.2, 0.25) is 0 Å². The van der Waals surface area contributed by atoms with Crippen molar-refractivity contribution in [1.29, 1.82) is 0 Å². The molecule has 0 heterocycles. The van der Waals surface area contributed by atoms with Crippen molar-refractivity contribution in [3.05, 3.63) is 105 Å². The molecule has 0 aliphatic carbocycles. The van der Waals surface area contributed by atoms with E-state index in [1.165, 1.54) is 5.39 Å². The average molecular weight is 487 g/mol. The van der Waals surface area contributed by atoms with Crippen LogP contribution in [-0.2, 0) is 13.2 Å². The summed E-state index contributed by atoms with van der Waals surface area (Å²) in [6.45, 7) is 1.11. The van der Waals surface area contributed by atoms with Crippen molar-refractivity contribution < 1.29 is 4.74 Å². The van der Waals surface area contributed by atoms with Crippen molar-refractivity contribution in [2.24, 2.45) is 0 Å². The molecule has 0 saturated carbocycles. The first-order valence-electron chi connectivity index (χ1n) is 9.17. The standard InChI is InChI=1S/C24H18BrCl2NO/c25-18-8-5-16(6-9-18)15-29-24-12-7-17-3-1-2-4-20(17)21(24)14-28-19-10-11-22(26)23(27)13-19/h1-13,28H,14-15H2. The normalized spacial score (nSPS) is 10.9. The fourth-order valence-electron chi connectivity index (χ4n) is 3.17. The number of halogens is 3. The van der Waals surface area contributed by atoms with Crippen LogP contribution in [-0.4, -0.2) is 0 Å². The molecule has 5 heteroatoms. The third-order valence-electron chi connectivity index (χ3n) is 4.69. The van der Waals surface area contributed by atoms with Gasteiger partial charge >= 0.3 is 0 Å². The minimum Gasteiger partial charge on any atom is -0.489 e. The molecule has 0 unspecified atom stereocenters. The molecule has 0 saturated heterocycles. The van der Waals surface area contributed by atoms with Crippen LogP contribution in [0, 0.1) is 0 Å². The molecule has 0 spiro atoms. The SMILES string of the molecule is Clc1ccc(NCc2c(OCc3ccc(Br)cc3)ccc3ccccc23)cc1Cl. The lowest BCUT2D eigenvalue weighted by atomic mass is 10.0. The smallest absolute Gasteiger partial charge is 0.125 e. The Labute approximate surface area is 188 Å². The van der Waals surface area contributed by atoms with Crippen molar-refractivity contribution >= 4 is 55.6 Å². The van der Waals surface area contributed by atoms with Crippen molar-refractivity contribution in [2.75, 3.05) is 5.32 Å². The number of hydrogen-bond donors (Lipinski definition) is 1. The second-order valence-corrected chi connectivity index (χ2v) is 8.39. The van der Waals surface area contributed by atoms with E-state index < -0.39 is 0 Å². The average Bonchev–Trinajstić information content (AvgIpc) is 2.74. The van der Waals surface area contributed by atoms with Crippen LogP contribution in [0.2, 0.25) is 10.0 Å². The van der Waals surface area contributed by atoms with Crippen LogP contribution in [0.1, 0.15) is 11.1 Å². The van der Waals surface area contributed by atoms with Gasteiger partial charge in [0, 0.05) is 22.3 Å². The van der Waals surface area contributed by atoms with E-state index in [9.17, 15) is 0 Å². The van der Waals surface area contributed by atoms with E-state index in [4.69, 9.17) is 27.9 Å². The summed E-state index contributed by atoms with van der Waals surface area (Å²) in [5, 5.41) is 6.85. The zero-order chi connectivity index (χ0) is 20.2. The Kier molecular flexibility index (Phi) is 6.29. The highest BCUT2D eigenvalue weighted by Gasteiger charge is 2.10. The van der Waals surface area contributed by atoms with Gasteiger partial charge in [0.05, 0.1) is 10.0 Å². The maximum absolute atomic E-state index is 6.20. The number of ether oxygens (including phenoxy) is 1. The van der Waals surface area contributed by atoms with Gasteiger partial charge in [-0.25, -0.2) is 0 Å². The quantitative estimate of drug-likeness (QED) is 0.297. The number of fused-ring (bicyclic) bond motifs is 1. The van der Waals surface area contributed by atoms with E-state index in [-0.39, 0.29) is 0 Å². The molecule has 4 aromatic rings. The van der Waals surface area contributed by atoms with Crippen molar-refractivity contribution in [3.8, 4) is 5.75 Å². The first kappa shape index (κ1) is 20.1. The monoisotopic (exact) mass is 485 g/mol. The van der Waals surface area contributed by atoms with Gasteiger partial charge in [0.15, 0.2) is 0 Å². The fourth-order valence-corrected chi connectivity index (χ4v) is 3.73. The van der Waals surface area contributed by atoms with Gasteiger partial charge in [0.25, 0.3) is 0 Å². The molecule has 0 atom stereocenters. The largest absolute Gasteiger partial charge is 0.489 e. The minimum atomic E-state index is 0.505. The van der Waals surface area contributed by atoms with Gasteiger partial charge in [-0.15, -0.1) is 0 Å². The van der Waals surface area contributed by atoms with E-state index in [1.54, 1.807) is 6.07 Å². The number of benzene rings is 4. The maximum Gasteiger partial charge on any atom is 0.125 e. The van der Waals surface area contributed by atoms with Crippen LogP contribution in [0.15, 0.2) is 83.3 Å². The molecule has 0 aromatic heterocycles. The Hall–Kier alpha value is -2.20. The lowest BCUT2D eigenvalue weighted by Crippen LogP contribution is -2.04. The summed E-state index contributed by atoms with van der Waals surface area (Å²) < 4.78 is 7.25. The summed E-state index contributed by atoms with van der Waals surface area (Å²) in [7, 11) is 0. The van der Waals surface area contributed by atoms with Gasteiger partial charge < -0.3 is 10.1 Å². The van der Waals surface area contributed by atoms with Crippen molar-refractivity contribution in [3.63, 3.8) is 0 Å². The molecule has 146 valence electrons. The predicted molar refractivity (Wildman–Crippen MR) is 126 cm³/mol. The summed E-state index contributed by atoms with van der Waals surface area (Å²) in [4.78, 5) is 0. The molecule has 0 fully saturated rings. The van der Waals surface area contributed by atoms with Crippen molar-refractivity contribution in [1.82, 2.24) is 0 Å². The molecule has 29 heavy (non-hydrogen) atoms. The summed E-state index contributed by atoms with van der Waals surface area (Å²) in [6.07, 6.45) is 0. The first-order valence-corrected chi connectivity index (χ1v) is 10.7. The predicted octanol–water partition coefficient (Wildman–Crippen LogP) is 8.10. The molecule has 0 aliphatic rings. The summed E-state index contributed by atoms with van der Waals surface area (Å²) in [6, 6.07) is 26.1. The molecule has 0 amide bonds. The molecule has 2 nitrogen and oxygen atoms in total. The van der Waals surface area contributed by atoms with Gasteiger partial charge in [-0.2, -0.15) is 0 Å². The lowest BCUT2D eigenvalue weighted by molar-refractivity contribution is 0.304. The highest BCUT2D eigenvalue weighted by atomic mass is 79.9. The molecule has 4 aromatic carbocycles. The van der Waals surface area contributed by atoms with E-state index in [0.717, 1.165) is 32.4 Å². The summed E-state index contributed by atoms with van der Waals surface area (Å²) in [5.41, 5.74) is 3.13. The summed E-state index contributed by atoms with van der Waals surface area (Å²) in [5.74, 6) is 0.860. The number of rotatable bonds is 6. The van der Waals surface area contributed by atoms with Crippen LogP contribution >= 0.6 is 39.1 Å². The Morgan fingerprint density at radius 3 is 2.41 bits per heavy atom. The van der Waals surface area contributed by atoms with Crippen LogP contribution in [0.5, 0.6) is 5.75 Å². The van der Waals surface area contributed by atoms with Gasteiger partial charge in [-0.05, 0) is 52.7 Å². The van der Waals surface area contributed by atoms with Gasteiger partial charge in [0.1, 0.15) is 12.4 Å². The summed E-state index contributed by atoms with van der Waals surface area (Å²) >= 11 is 15.6. The molecule has 0 radical (unpaired) electrons. The van der Waals surface area contributed by atoms with Crippen LogP contribution in [0.25, 0.3) is 10.8 Å². The molecular formula is C24H18BrCl2NO. The van der Waals surface area contributed by atoms with Gasteiger partial charge in [-0.3, -0.25) is 0 Å². The zero-order valence-corrected chi connectivity index (χ0v) is 18.6. The molecule has 4 rings (SSSR count). The Morgan fingerprint density at radius 1 is 0.828 bits per heavy atom. The van der Waals surface area contributed by atoms with E-state index >= 15 is 0 Å². The van der Waals surface area contributed by atoms with Crippen LogP contribution < -0.4 is 10.1 Å². The lowest BCUT2D eigenvalue weighted by Gasteiger charge is -2.16. The highest BCUT2D eigenvalue weighted by Crippen LogP contribution is 2.31. The van der Waals surface area contributed by atoms with E-state index in [2.05, 4.69) is 51.6 Å². The van der Waals surface area contributed by atoms with E-state index in [1.807, 2.05) is 42.5 Å². The highest BCUT2D eigenvalue weighted by molar-refractivity contribution is 9.10. The molecule has 0 aliphatic heterocycles. The number of anilines is 1. The maximum atomic E-state index is 6.20. The van der Waals surface area contributed by atoms with Crippen LogP contribution in [0.4, 0.5) is 5.69 Å².